The Labute approximate surface area is 147 Å². The van der Waals surface area contributed by atoms with Gasteiger partial charge in [-0.1, -0.05) is 12.1 Å². The lowest BCUT2D eigenvalue weighted by Gasteiger charge is -2.45. The van der Waals surface area contributed by atoms with Crippen LogP contribution in [-0.4, -0.2) is 53.7 Å². The van der Waals surface area contributed by atoms with Crippen LogP contribution in [0.5, 0.6) is 0 Å². The van der Waals surface area contributed by atoms with E-state index in [-0.39, 0.29) is 30.8 Å². The standard InChI is InChI=1S/C18H23N3O2.ClH/c1-21-10-12(18(23)19-5-6-22)7-14-13-3-2-4-15-17(13)11(9-20-15)8-16(14)21;/h2-4,9,12,14,16,20,22H,5-8,10H2,1H3,(H,19,23);1H/t12?,14-,16-;/m1./s1. The topological polar surface area (TPSA) is 68.4 Å². The number of carbonyl (C=O) groups excluding carboxylic acids is 1. The van der Waals surface area contributed by atoms with Gasteiger partial charge in [-0.2, -0.15) is 0 Å². The van der Waals surface area contributed by atoms with E-state index in [1.165, 1.54) is 22.0 Å². The highest BCUT2D eigenvalue weighted by molar-refractivity contribution is 5.88. The fourth-order valence-corrected chi connectivity index (χ4v) is 4.46. The van der Waals surface area contributed by atoms with Gasteiger partial charge in [0.15, 0.2) is 0 Å². The maximum atomic E-state index is 12.4. The first-order valence-electron chi connectivity index (χ1n) is 8.36. The number of amides is 1. The summed E-state index contributed by atoms with van der Waals surface area (Å²) in [6.45, 7) is 1.12. The average Bonchev–Trinajstić information content (AvgIpc) is 2.98. The Morgan fingerprint density at radius 3 is 3.08 bits per heavy atom. The number of hydrogen-bond acceptors (Lipinski definition) is 3. The second-order valence-electron chi connectivity index (χ2n) is 6.85. The fraction of sp³-hybridized carbons (Fsp3) is 0.500. The number of fused-ring (bicyclic) bond motifs is 2. The minimum Gasteiger partial charge on any atom is -0.395 e. The summed E-state index contributed by atoms with van der Waals surface area (Å²) in [4.78, 5) is 18.1. The number of nitrogens with zero attached hydrogens (tertiary/aromatic N) is 1. The Morgan fingerprint density at radius 2 is 2.29 bits per heavy atom. The lowest BCUT2D eigenvalue weighted by molar-refractivity contribution is -0.127. The lowest BCUT2D eigenvalue weighted by atomic mass is 9.72. The highest BCUT2D eigenvalue weighted by Gasteiger charge is 2.41. The minimum absolute atomic E-state index is 0. The molecule has 130 valence electrons. The van der Waals surface area contributed by atoms with Crippen molar-refractivity contribution in [3.05, 3.63) is 35.5 Å². The number of carbonyl (C=O) groups is 1. The molecule has 1 aliphatic carbocycles. The highest BCUT2D eigenvalue weighted by atomic mass is 35.5. The van der Waals surface area contributed by atoms with Gasteiger partial charge in [0.05, 0.1) is 12.5 Å². The van der Waals surface area contributed by atoms with Crippen LogP contribution >= 0.6 is 12.4 Å². The molecule has 0 spiro atoms. The number of aromatic amines is 1. The molecule has 2 aliphatic rings. The van der Waals surface area contributed by atoms with Crippen LogP contribution in [0.15, 0.2) is 24.4 Å². The second-order valence-corrected chi connectivity index (χ2v) is 6.85. The molecule has 6 heteroatoms. The Bertz CT molecular complexity index is 745. The Hall–Kier alpha value is -1.56. The van der Waals surface area contributed by atoms with Crippen LogP contribution in [0.25, 0.3) is 10.9 Å². The van der Waals surface area contributed by atoms with E-state index in [1.807, 2.05) is 0 Å². The number of likely N-dealkylation sites (tertiary alicyclic amines) is 1. The summed E-state index contributed by atoms with van der Waals surface area (Å²) in [5, 5.41) is 13.1. The molecule has 2 aromatic rings. The molecule has 0 bridgehead atoms. The molecule has 24 heavy (non-hydrogen) atoms. The van der Waals surface area contributed by atoms with E-state index in [2.05, 4.69) is 46.6 Å². The molecule has 0 saturated carbocycles. The van der Waals surface area contributed by atoms with Gasteiger partial charge in [-0.05, 0) is 37.1 Å². The summed E-state index contributed by atoms with van der Waals surface area (Å²) in [7, 11) is 2.13. The fourth-order valence-electron chi connectivity index (χ4n) is 4.46. The molecule has 1 fully saturated rings. The zero-order valence-electron chi connectivity index (χ0n) is 13.8. The molecule has 5 nitrogen and oxygen atoms in total. The van der Waals surface area contributed by atoms with Gasteiger partial charge in [0.25, 0.3) is 0 Å². The van der Waals surface area contributed by atoms with Gasteiger partial charge in [0, 0.05) is 42.1 Å². The quantitative estimate of drug-likeness (QED) is 0.789. The van der Waals surface area contributed by atoms with E-state index in [9.17, 15) is 4.79 Å². The number of aliphatic hydroxyl groups excluding tert-OH is 1. The Morgan fingerprint density at radius 1 is 1.46 bits per heavy atom. The first-order valence-corrected chi connectivity index (χ1v) is 8.36. The molecule has 3 N–H and O–H groups in total. The third-order valence-electron chi connectivity index (χ3n) is 5.51. The monoisotopic (exact) mass is 349 g/mol. The number of aliphatic hydroxyl groups is 1. The Kier molecular flexibility index (Phi) is 4.85. The molecule has 1 aliphatic heterocycles. The molecule has 1 amide bonds. The van der Waals surface area contributed by atoms with Crippen molar-refractivity contribution < 1.29 is 9.90 Å². The number of nitrogens with one attached hydrogen (secondary N) is 2. The summed E-state index contributed by atoms with van der Waals surface area (Å²) in [5.41, 5.74) is 3.97. The molecular formula is C18H24ClN3O2. The molecule has 2 heterocycles. The van der Waals surface area contributed by atoms with Gasteiger partial charge >= 0.3 is 0 Å². The largest absolute Gasteiger partial charge is 0.395 e. The van der Waals surface area contributed by atoms with Crippen LogP contribution < -0.4 is 5.32 Å². The van der Waals surface area contributed by atoms with Crippen LogP contribution in [0, 0.1) is 5.92 Å². The summed E-state index contributed by atoms with van der Waals surface area (Å²) >= 11 is 0. The van der Waals surface area contributed by atoms with Crippen molar-refractivity contribution in [3.63, 3.8) is 0 Å². The van der Waals surface area contributed by atoms with Crippen molar-refractivity contribution >= 4 is 29.2 Å². The molecular weight excluding hydrogens is 326 g/mol. The molecule has 1 aromatic carbocycles. The van der Waals surface area contributed by atoms with E-state index in [0.717, 1.165) is 19.4 Å². The second kappa shape index (κ2) is 6.75. The third kappa shape index (κ3) is 2.70. The molecule has 1 saturated heterocycles. The van der Waals surface area contributed by atoms with Gasteiger partial charge < -0.3 is 20.3 Å². The van der Waals surface area contributed by atoms with Crippen LogP contribution in [0.2, 0.25) is 0 Å². The molecule has 3 atom stereocenters. The van der Waals surface area contributed by atoms with Crippen LogP contribution in [0.4, 0.5) is 0 Å². The van der Waals surface area contributed by atoms with Crippen molar-refractivity contribution in [1.29, 1.82) is 0 Å². The van der Waals surface area contributed by atoms with Crippen molar-refractivity contribution in [2.24, 2.45) is 5.92 Å². The molecule has 1 aromatic heterocycles. The van der Waals surface area contributed by atoms with E-state index in [0.29, 0.717) is 18.5 Å². The normalized spacial score (nSPS) is 25.8. The number of aromatic nitrogens is 1. The number of piperidine rings is 1. The van der Waals surface area contributed by atoms with Crippen molar-refractivity contribution in [2.75, 3.05) is 26.7 Å². The van der Waals surface area contributed by atoms with Gasteiger partial charge in [0.2, 0.25) is 5.91 Å². The zero-order valence-corrected chi connectivity index (χ0v) is 14.6. The van der Waals surface area contributed by atoms with Crippen molar-refractivity contribution in [2.45, 2.75) is 24.8 Å². The molecule has 1 unspecified atom stereocenters. The summed E-state index contributed by atoms with van der Waals surface area (Å²) in [5.74, 6) is 0.450. The summed E-state index contributed by atoms with van der Waals surface area (Å²) < 4.78 is 0. The number of benzene rings is 1. The van der Waals surface area contributed by atoms with Gasteiger partial charge in [0.1, 0.15) is 0 Å². The van der Waals surface area contributed by atoms with Gasteiger partial charge in [-0.15, -0.1) is 12.4 Å². The van der Waals surface area contributed by atoms with Crippen molar-refractivity contribution in [1.82, 2.24) is 15.2 Å². The number of halogens is 1. The van der Waals surface area contributed by atoms with E-state index in [4.69, 9.17) is 5.11 Å². The highest BCUT2D eigenvalue weighted by Crippen LogP contribution is 2.44. The third-order valence-corrected chi connectivity index (χ3v) is 5.51. The van der Waals surface area contributed by atoms with Crippen molar-refractivity contribution in [3.8, 4) is 0 Å². The predicted molar refractivity (Wildman–Crippen MR) is 96.6 cm³/mol. The number of rotatable bonds is 3. The first-order chi connectivity index (χ1) is 11.2. The smallest absolute Gasteiger partial charge is 0.224 e. The zero-order chi connectivity index (χ0) is 16.0. The maximum Gasteiger partial charge on any atom is 0.224 e. The van der Waals surface area contributed by atoms with Crippen LogP contribution in [-0.2, 0) is 11.2 Å². The first kappa shape index (κ1) is 17.3. The van der Waals surface area contributed by atoms with Gasteiger partial charge in [-0.3, -0.25) is 4.79 Å². The molecule has 4 rings (SSSR count). The van der Waals surface area contributed by atoms with E-state index >= 15 is 0 Å². The maximum absolute atomic E-state index is 12.4. The summed E-state index contributed by atoms with van der Waals surface area (Å²) in [6, 6.07) is 6.92. The lowest BCUT2D eigenvalue weighted by Crippen LogP contribution is -2.51. The minimum atomic E-state index is -0.0106. The Balaban J connectivity index is 0.00000169. The number of H-pyrrole nitrogens is 1. The summed E-state index contributed by atoms with van der Waals surface area (Å²) in [6.07, 6.45) is 4.07. The SMILES string of the molecule is CN1CC(C(=O)NCCO)C[C@@H]2c3cccc4[nH]cc(c34)C[C@H]21.Cl. The van der Waals surface area contributed by atoms with Gasteiger partial charge in [-0.25, -0.2) is 0 Å². The number of hydrogen-bond donors (Lipinski definition) is 3. The number of likely N-dealkylation sites (N-methyl/N-ethyl adjacent to an activating group) is 1. The van der Waals surface area contributed by atoms with E-state index in [1.54, 1.807) is 0 Å². The van der Waals surface area contributed by atoms with E-state index < -0.39 is 0 Å². The molecule has 0 radical (unpaired) electrons. The predicted octanol–water partition coefficient (Wildman–Crippen LogP) is 1.66. The van der Waals surface area contributed by atoms with Crippen LogP contribution in [0.1, 0.15) is 23.5 Å². The average molecular weight is 350 g/mol. The van der Waals surface area contributed by atoms with Crippen LogP contribution in [0.3, 0.4) is 0 Å².